The van der Waals surface area contributed by atoms with Crippen molar-refractivity contribution in [2.75, 3.05) is 26.3 Å². The van der Waals surface area contributed by atoms with Gasteiger partial charge in [0.15, 0.2) is 0 Å². The highest BCUT2D eigenvalue weighted by Gasteiger charge is 2.73. The first kappa shape index (κ1) is 31.5. The van der Waals surface area contributed by atoms with Gasteiger partial charge in [0.2, 0.25) is 17.7 Å². The van der Waals surface area contributed by atoms with Crippen LogP contribution >= 0.6 is 0 Å². The molecule has 5 aliphatic rings. The maximum Gasteiger partial charge on any atom is 0.306 e. The molecule has 10 nitrogen and oxygen atoms in total. The number of aliphatic hydroxyl groups is 1. The van der Waals surface area contributed by atoms with Crippen LogP contribution in [-0.4, -0.2) is 88.7 Å². The van der Waals surface area contributed by atoms with E-state index < -0.39 is 35.6 Å². The van der Waals surface area contributed by atoms with Gasteiger partial charge in [-0.2, -0.15) is 0 Å². The second-order valence-electron chi connectivity index (χ2n) is 13.0. The summed E-state index contributed by atoms with van der Waals surface area (Å²) in [6.07, 6.45) is 14.5. The van der Waals surface area contributed by atoms with Gasteiger partial charge in [-0.25, -0.2) is 0 Å². The number of allylic oxidation sites excluding steroid dienone is 1. The van der Waals surface area contributed by atoms with Gasteiger partial charge in [-0.3, -0.25) is 19.2 Å². The molecule has 1 aliphatic carbocycles. The van der Waals surface area contributed by atoms with E-state index >= 15 is 0 Å². The molecule has 4 aliphatic heterocycles. The monoisotopic (exact) mass is 619 g/mol. The zero-order valence-electron chi connectivity index (χ0n) is 25.9. The van der Waals surface area contributed by atoms with E-state index in [1.807, 2.05) is 59.5 Å². The number of amides is 3. The Balaban J connectivity index is 1.38. The number of hydrogen-bond donors (Lipinski definition) is 2. The topological polar surface area (TPSA) is 125 Å². The molecule has 2 N–H and O–H groups in total. The highest BCUT2D eigenvalue weighted by atomic mass is 16.5. The van der Waals surface area contributed by atoms with Crippen molar-refractivity contribution < 1.29 is 33.8 Å². The molecule has 6 atom stereocenters. The SMILES string of the molecule is O=C1CC/C=C\CN(C2CCCCC2)C(=O)[C@H]2N(CCCCCO)C(=O)[C@@H]3[C@@H](C(=O)N[C@@H](c4ccccc4)CO1)[C@H]1C=C[C@]32O1. The molecule has 0 unspecified atom stereocenters. The number of carbonyl (C=O) groups is 4. The van der Waals surface area contributed by atoms with Crippen LogP contribution in [0.4, 0.5) is 0 Å². The van der Waals surface area contributed by atoms with E-state index in [0.717, 1.165) is 37.7 Å². The van der Waals surface area contributed by atoms with Gasteiger partial charge in [-0.1, -0.05) is 73.9 Å². The van der Waals surface area contributed by atoms with Crippen molar-refractivity contribution in [1.29, 1.82) is 0 Å². The van der Waals surface area contributed by atoms with Crippen LogP contribution in [0.15, 0.2) is 54.6 Å². The number of nitrogens with one attached hydrogen (secondary N) is 1. The lowest BCUT2D eigenvalue weighted by Crippen LogP contribution is -2.58. The summed E-state index contributed by atoms with van der Waals surface area (Å²) in [5.41, 5.74) is -0.456. The Hall–Kier alpha value is -3.50. The van der Waals surface area contributed by atoms with E-state index in [0.29, 0.717) is 38.8 Å². The van der Waals surface area contributed by atoms with E-state index in [2.05, 4.69) is 5.32 Å². The van der Waals surface area contributed by atoms with Crippen molar-refractivity contribution >= 4 is 23.7 Å². The van der Waals surface area contributed by atoms with Crippen molar-refractivity contribution in [3.63, 3.8) is 0 Å². The molecule has 3 fully saturated rings. The number of fused-ring (bicyclic) bond motifs is 2. The first-order valence-electron chi connectivity index (χ1n) is 16.7. The number of benzene rings is 1. The molecule has 4 heterocycles. The van der Waals surface area contributed by atoms with Crippen molar-refractivity contribution in [1.82, 2.24) is 15.1 Å². The minimum atomic E-state index is -1.24. The van der Waals surface area contributed by atoms with Gasteiger partial charge in [-0.05, 0) is 44.1 Å². The first-order chi connectivity index (χ1) is 21.9. The minimum absolute atomic E-state index is 0.0380. The van der Waals surface area contributed by atoms with E-state index in [-0.39, 0.29) is 49.4 Å². The first-order valence-corrected chi connectivity index (χ1v) is 16.7. The highest BCUT2D eigenvalue weighted by Crippen LogP contribution is 2.55. The van der Waals surface area contributed by atoms with Crippen molar-refractivity contribution in [3.8, 4) is 0 Å². The average molecular weight is 620 g/mol. The van der Waals surface area contributed by atoms with Crippen LogP contribution in [0, 0.1) is 11.8 Å². The molecule has 3 amide bonds. The Bertz CT molecular complexity index is 1310. The van der Waals surface area contributed by atoms with Crippen LogP contribution in [-0.2, 0) is 28.7 Å². The number of esters is 1. The normalized spacial score (nSPS) is 33.3. The average Bonchev–Trinajstić information content (AvgIpc) is 3.70. The summed E-state index contributed by atoms with van der Waals surface area (Å²) in [4.78, 5) is 59.6. The third-order valence-electron chi connectivity index (χ3n) is 10.2. The summed E-state index contributed by atoms with van der Waals surface area (Å²) in [5.74, 6) is -2.80. The molecule has 1 aromatic carbocycles. The Kier molecular flexibility index (Phi) is 9.70. The summed E-state index contributed by atoms with van der Waals surface area (Å²) >= 11 is 0. The molecule has 10 heteroatoms. The number of likely N-dealkylation sites (tertiary alicyclic amines) is 1. The third-order valence-corrected chi connectivity index (χ3v) is 10.2. The molecule has 0 radical (unpaired) electrons. The zero-order valence-corrected chi connectivity index (χ0v) is 25.9. The van der Waals surface area contributed by atoms with E-state index in [4.69, 9.17) is 9.47 Å². The standard InChI is InChI=1S/C35H45N3O7/c39-22-12-4-11-21-38-31-34(43)37(25-15-7-2-8-16-25)20-10-3-9-17-28(40)44-23-26(24-13-5-1-6-14-24)36-32(41)29-27-18-19-35(31,45-27)30(29)33(38)42/h1,3,5-6,10,13-14,18-19,25-27,29-31,39H,2,4,7-9,11-12,15-17,20-23H2,(H,36,41)/b10-3-/t26-,27-,29+,30+,31-,35+/m1/s1. The largest absolute Gasteiger partial charge is 0.463 e. The molecule has 242 valence electrons. The van der Waals surface area contributed by atoms with Crippen LogP contribution in [0.2, 0.25) is 0 Å². The maximum absolute atomic E-state index is 14.8. The Morgan fingerprint density at radius 2 is 1.76 bits per heavy atom. The number of ether oxygens (including phenoxy) is 2. The molecular formula is C35H45N3O7. The fourth-order valence-corrected chi connectivity index (χ4v) is 7.96. The number of aliphatic hydroxyl groups excluding tert-OH is 1. The van der Waals surface area contributed by atoms with Gasteiger partial charge in [0.1, 0.15) is 18.2 Å². The smallest absolute Gasteiger partial charge is 0.306 e. The van der Waals surface area contributed by atoms with Crippen LogP contribution in [0.25, 0.3) is 0 Å². The van der Waals surface area contributed by atoms with Gasteiger partial charge in [0.25, 0.3) is 0 Å². The van der Waals surface area contributed by atoms with Crippen LogP contribution < -0.4 is 5.32 Å². The maximum atomic E-state index is 14.8. The molecule has 1 aromatic rings. The molecule has 0 aromatic heterocycles. The van der Waals surface area contributed by atoms with Crippen molar-refractivity contribution in [2.24, 2.45) is 11.8 Å². The lowest BCUT2D eigenvalue weighted by molar-refractivity contribution is -0.149. The quantitative estimate of drug-likeness (QED) is 0.273. The fourth-order valence-electron chi connectivity index (χ4n) is 7.96. The number of nitrogens with zero attached hydrogens (tertiary/aromatic N) is 2. The number of rotatable bonds is 7. The molecular weight excluding hydrogens is 574 g/mol. The summed E-state index contributed by atoms with van der Waals surface area (Å²) in [7, 11) is 0. The lowest BCUT2D eigenvalue weighted by Gasteiger charge is -2.40. The van der Waals surface area contributed by atoms with E-state index in [1.54, 1.807) is 4.90 Å². The Morgan fingerprint density at radius 1 is 0.956 bits per heavy atom. The van der Waals surface area contributed by atoms with Gasteiger partial charge in [-0.15, -0.1) is 0 Å². The third kappa shape index (κ3) is 6.19. The zero-order chi connectivity index (χ0) is 31.4. The summed E-state index contributed by atoms with van der Waals surface area (Å²) in [6, 6.07) is 7.87. The summed E-state index contributed by atoms with van der Waals surface area (Å²) in [5, 5.41) is 12.4. The predicted octanol–water partition coefficient (Wildman–Crippen LogP) is 3.21. The van der Waals surface area contributed by atoms with Gasteiger partial charge < -0.3 is 29.7 Å². The van der Waals surface area contributed by atoms with Crippen LogP contribution in [0.5, 0.6) is 0 Å². The molecule has 5 bridgehead atoms. The molecule has 1 saturated carbocycles. The minimum Gasteiger partial charge on any atom is -0.463 e. The van der Waals surface area contributed by atoms with Gasteiger partial charge >= 0.3 is 5.97 Å². The Labute approximate surface area is 264 Å². The van der Waals surface area contributed by atoms with Gasteiger partial charge in [0, 0.05) is 32.2 Å². The molecule has 1 spiro atoms. The summed E-state index contributed by atoms with van der Waals surface area (Å²) in [6.45, 7) is 0.748. The number of hydrogen-bond acceptors (Lipinski definition) is 7. The fraction of sp³-hybridized carbons (Fsp3) is 0.600. The lowest BCUT2D eigenvalue weighted by atomic mass is 9.74. The van der Waals surface area contributed by atoms with Crippen LogP contribution in [0.3, 0.4) is 0 Å². The van der Waals surface area contributed by atoms with E-state index in [9.17, 15) is 24.3 Å². The van der Waals surface area contributed by atoms with Gasteiger partial charge in [0.05, 0.1) is 24.0 Å². The van der Waals surface area contributed by atoms with E-state index in [1.165, 1.54) is 0 Å². The predicted molar refractivity (Wildman–Crippen MR) is 165 cm³/mol. The second-order valence-corrected chi connectivity index (χ2v) is 13.0. The number of unbranched alkanes of at least 4 members (excludes halogenated alkanes) is 2. The number of cyclic esters (lactones) is 1. The molecule has 2 saturated heterocycles. The summed E-state index contributed by atoms with van der Waals surface area (Å²) < 4.78 is 12.2. The number of carbonyl (C=O) groups excluding carboxylic acids is 4. The molecule has 45 heavy (non-hydrogen) atoms. The molecule has 6 rings (SSSR count). The highest BCUT2D eigenvalue weighted by molar-refractivity contribution is 6.00. The van der Waals surface area contributed by atoms with Crippen LogP contribution in [0.1, 0.15) is 75.8 Å². The van der Waals surface area contributed by atoms with Crippen molar-refractivity contribution in [3.05, 3.63) is 60.2 Å². The Morgan fingerprint density at radius 3 is 2.53 bits per heavy atom. The van der Waals surface area contributed by atoms with Crippen molar-refractivity contribution in [2.45, 2.75) is 94.0 Å². The second kappa shape index (κ2) is 13.9.